The lowest BCUT2D eigenvalue weighted by Gasteiger charge is -2.46. The molecule has 0 aliphatic carbocycles. The van der Waals surface area contributed by atoms with Gasteiger partial charge in [0.1, 0.15) is 0 Å². The predicted octanol–water partition coefficient (Wildman–Crippen LogP) is 1.55. The molecule has 1 spiro atoms. The zero-order valence-electron chi connectivity index (χ0n) is 11.5. The van der Waals surface area contributed by atoms with E-state index in [-0.39, 0.29) is 17.7 Å². The summed E-state index contributed by atoms with van der Waals surface area (Å²) in [5.41, 5.74) is 3.08. The average Bonchev–Trinajstić information content (AvgIpc) is 2.40. The predicted molar refractivity (Wildman–Crippen MR) is 75.5 cm³/mol. The minimum atomic E-state index is 0.122. The van der Waals surface area contributed by atoms with Gasteiger partial charge in [-0.15, -0.1) is 0 Å². The van der Waals surface area contributed by atoms with Gasteiger partial charge in [-0.05, 0) is 50.0 Å². The lowest BCUT2D eigenvalue weighted by molar-refractivity contribution is -0.114. The molecule has 106 valence electrons. The van der Waals surface area contributed by atoms with Crippen LogP contribution in [0.15, 0.2) is 0 Å². The van der Waals surface area contributed by atoms with Crippen molar-refractivity contribution in [2.45, 2.75) is 50.4 Å². The van der Waals surface area contributed by atoms with E-state index in [1.54, 1.807) is 7.11 Å². The van der Waals surface area contributed by atoms with Gasteiger partial charge < -0.3 is 9.47 Å². The molecular weight excluding hydrogens is 248 g/mol. The third-order valence-corrected chi connectivity index (χ3v) is 5.50. The largest absolute Gasteiger partial charge is 0.380 e. The Morgan fingerprint density at radius 3 is 2.78 bits per heavy atom. The summed E-state index contributed by atoms with van der Waals surface area (Å²) in [5, 5.41) is 0. The maximum absolute atomic E-state index is 6.12. The molecule has 3 N–H and O–H groups in total. The van der Waals surface area contributed by atoms with Crippen molar-refractivity contribution >= 4 is 11.8 Å². The fraction of sp³-hybridized carbons (Fsp3) is 1.00. The monoisotopic (exact) mass is 274 g/mol. The second-order valence-corrected chi connectivity index (χ2v) is 6.75. The maximum Gasteiger partial charge on any atom is 0.0712 e. The van der Waals surface area contributed by atoms with Crippen LogP contribution in [-0.4, -0.2) is 43.0 Å². The molecule has 0 bridgehead atoms. The van der Waals surface area contributed by atoms with Crippen molar-refractivity contribution in [3.63, 3.8) is 0 Å². The van der Waals surface area contributed by atoms with Crippen LogP contribution in [0.1, 0.15) is 32.6 Å². The van der Waals surface area contributed by atoms with Crippen LogP contribution in [0.4, 0.5) is 0 Å². The summed E-state index contributed by atoms with van der Waals surface area (Å²) in [6.45, 7) is 2.95. The smallest absolute Gasteiger partial charge is 0.0712 e. The highest BCUT2D eigenvalue weighted by Crippen LogP contribution is 2.41. The van der Waals surface area contributed by atoms with Crippen LogP contribution < -0.4 is 11.3 Å². The van der Waals surface area contributed by atoms with Crippen molar-refractivity contribution in [1.29, 1.82) is 0 Å². The van der Waals surface area contributed by atoms with Crippen LogP contribution in [0.2, 0.25) is 0 Å². The van der Waals surface area contributed by atoms with Crippen molar-refractivity contribution in [2.75, 3.05) is 25.2 Å². The summed E-state index contributed by atoms with van der Waals surface area (Å²) in [7, 11) is 1.75. The highest BCUT2D eigenvalue weighted by Gasteiger charge is 2.41. The fourth-order valence-electron chi connectivity index (χ4n) is 3.27. The van der Waals surface area contributed by atoms with Crippen LogP contribution in [0.25, 0.3) is 0 Å². The Labute approximate surface area is 114 Å². The van der Waals surface area contributed by atoms with Crippen LogP contribution >= 0.6 is 11.8 Å². The molecule has 0 aromatic heterocycles. The van der Waals surface area contributed by atoms with E-state index in [9.17, 15) is 0 Å². The lowest BCUT2D eigenvalue weighted by Crippen LogP contribution is -2.54. The normalized spacial score (nSPS) is 31.2. The number of hydrogen-bond acceptors (Lipinski definition) is 5. The Morgan fingerprint density at radius 2 is 2.17 bits per heavy atom. The van der Waals surface area contributed by atoms with Gasteiger partial charge in [0.25, 0.3) is 0 Å². The standard InChI is InChI=1S/C13H26N2O2S/c1-10(16-2)12(15-14)11-3-6-17-13(9-11)4-7-18-8-5-13/h10-12,15H,3-9,14H2,1-2H3. The van der Waals surface area contributed by atoms with Crippen LogP contribution in [-0.2, 0) is 9.47 Å². The molecule has 0 radical (unpaired) electrons. The number of rotatable bonds is 4. The van der Waals surface area contributed by atoms with Gasteiger partial charge in [0.15, 0.2) is 0 Å². The molecule has 5 heteroatoms. The number of methoxy groups -OCH3 is 1. The maximum atomic E-state index is 6.12. The van der Waals surface area contributed by atoms with Crippen LogP contribution in [0.3, 0.4) is 0 Å². The molecule has 0 aromatic rings. The Kier molecular flexibility index (Phi) is 5.33. The zero-order valence-corrected chi connectivity index (χ0v) is 12.3. The summed E-state index contributed by atoms with van der Waals surface area (Å²) < 4.78 is 11.6. The molecule has 3 unspecified atom stereocenters. The first-order chi connectivity index (χ1) is 8.71. The SMILES string of the molecule is COC(C)C(NN)C1CCOC2(CCSCC2)C1. The van der Waals surface area contributed by atoms with E-state index in [0.717, 1.165) is 19.4 Å². The van der Waals surface area contributed by atoms with Gasteiger partial charge in [0.05, 0.1) is 11.7 Å². The van der Waals surface area contributed by atoms with Crippen molar-refractivity contribution in [3.8, 4) is 0 Å². The van der Waals surface area contributed by atoms with Crippen molar-refractivity contribution in [1.82, 2.24) is 5.43 Å². The first-order valence-corrected chi connectivity index (χ1v) is 8.07. The van der Waals surface area contributed by atoms with Gasteiger partial charge in [0, 0.05) is 19.8 Å². The molecule has 2 heterocycles. The van der Waals surface area contributed by atoms with Gasteiger partial charge in [-0.3, -0.25) is 11.3 Å². The third-order valence-electron chi connectivity index (χ3n) is 4.51. The topological polar surface area (TPSA) is 56.5 Å². The Morgan fingerprint density at radius 1 is 1.44 bits per heavy atom. The Balaban J connectivity index is 2.00. The first-order valence-electron chi connectivity index (χ1n) is 6.91. The van der Waals surface area contributed by atoms with E-state index >= 15 is 0 Å². The van der Waals surface area contributed by atoms with Gasteiger partial charge in [-0.2, -0.15) is 11.8 Å². The molecule has 18 heavy (non-hydrogen) atoms. The minimum Gasteiger partial charge on any atom is -0.380 e. The molecule has 2 aliphatic rings. The van der Waals surface area contributed by atoms with E-state index in [1.165, 1.54) is 24.3 Å². The third kappa shape index (κ3) is 3.20. The molecule has 2 aliphatic heterocycles. The second kappa shape index (κ2) is 6.57. The molecule has 0 amide bonds. The number of nitrogens with two attached hydrogens (primary N) is 1. The molecule has 3 atom stereocenters. The summed E-state index contributed by atoms with van der Waals surface area (Å²) in [5.74, 6) is 8.74. The number of nitrogens with one attached hydrogen (secondary N) is 1. The summed E-state index contributed by atoms with van der Waals surface area (Å²) in [6, 6.07) is 0.227. The molecule has 2 saturated heterocycles. The van der Waals surface area contributed by atoms with Crippen LogP contribution in [0, 0.1) is 5.92 Å². The van der Waals surface area contributed by atoms with E-state index in [4.69, 9.17) is 15.3 Å². The van der Waals surface area contributed by atoms with Crippen molar-refractivity contribution < 1.29 is 9.47 Å². The lowest BCUT2D eigenvalue weighted by atomic mass is 9.77. The molecular formula is C13H26N2O2S. The zero-order chi connectivity index (χ0) is 13.0. The summed E-state index contributed by atoms with van der Waals surface area (Å²) >= 11 is 2.04. The molecule has 4 nitrogen and oxygen atoms in total. The second-order valence-electron chi connectivity index (χ2n) is 5.53. The Bertz CT molecular complexity index is 254. The average molecular weight is 274 g/mol. The van der Waals surface area contributed by atoms with Gasteiger partial charge in [-0.1, -0.05) is 0 Å². The first kappa shape index (κ1) is 14.6. The fourth-order valence-corrected chi connectivity index (χ4v) is 4.50. The van der Waals surface area contributed by atoms with E-state index in [1.807, 2.05) is 11.8 Å². The number of thioether (sulfide) groups is 1. The Hall–Kier alpha value is 0.190. The van der Waals surface area contributed by atoms with E-state index in [2.05, 4.69) is 12.3 Å². The number of hydrazine groups is 1. The molecule has 2 rings (SSSR count). The van der Waals surface area contributed by atoms with Gasteiger partial charge in [-0.25, -0.2) is 0 Å². The van der Waals surface area contributed by atoms with Gasteiger partial charge in [0.2, 0.25) is 0 Å². The van der Waals surface area contributed by atoms with Crippen molar-refractivity contribution in [3.05, 3.63) is 0 Å². The quantitative estimate of drug-likeness (QED) is 0.602. The summed E-state index contributed by atoms with van der Waals surface area (Å²) in [4.78, 5) is 0. The molecule has 2 fully saturated rings. The highest BCUT2D eigenvalue weighted by atomic mass is 32.2. The van der Waals surface area contributed by atoms with E-state index in [0.29, 0.717) is 5.92 Å². The number of hydrogen-bond donors (Lipinski definition) is 2. The minimum absolute atomic E-state index is 0.122. The molecule has 0 aromatic carbocycles. The summed E-state index contributed by atoms with van der Waals surface area (Å²) in [6.07, 6.45) is 4.72. The van der Waals surface area contributed by atoms with E-state index < -0.39 is 0 Å². The van der Waals surface area contributed by atoms with Crippen molar-refractivity contribution in [2.24, 2.45) is 11.8 Å². The highest BCUT2D eigenvalue weighted by molar-refractivity contribution is 7.99. The molecule has 0 saturated carbocycles. The van der Waals surface area contributed by atoms with Gasteiger partial charge >= 0.3 is 0 Å². The number of ether oxygens (including phenoxy) is 2. The van der Waals surface area contributed by atoms with Crippen LogP contribution in [0.5, 0.6) is 0 Å².